The van der Waals surface area contributed by atoms with Crippen molar-refractivity contribution in [2.45, 2.75) is 26.7 Å². The fraction of sp³-hybridized carbons (Fsp3) is 0.538. The van der Waals surface area contributed by atoms with E-state index in [1.54, 1.807) is 0 Å². The molecule has 0 amide bonds. The zero-order valence-corrected chi connectivity index (χ0v) is 10.5. The molecule has 1 atom stereocenters. The molecule has 1 saturated heterocycles. The van der Waals surface area contributed by atoms with E-state index in [0.717, 1.165) is 36.2 Å². The largest absolute Gasteiger partial charge is 0.316 e. The first-order valence-corrected chi connectivity index (χ1v) is 6.12. The van der Waals surface area contributed by atoms with Crippen LogP contribution in [0.2, 0.25) is 5.02 Å². The molecule has 16 heavy (non-hydrogen) atoms. The van der Waals surface area contributed by atoms with Gasteiger partial charge in [0.1, 0.15) is 5.82 Å². The first-order chi connectivity index (χ1) is 7.59. The third-order valence-electron chi connectivity index (χ3n) is 3.53. The predicted octanol–water partition coefficient (Wildman–Crippen LogP) is 3.25. The van der Waals surface area contributed by atoms with E-state index in [2.05, 4.69) is 5.32 Å². The van der Waals surface area contributed by atoms with Crippen LogP contribution in [0.3, 0.4) is 0 Å². The van der Waals surface area contributed by atoms with Crippen molar-refractivity contribution in [3.63, 3.8) is 0 Å². The molecule has 0 bridgehead atoms. The zero-order valence-electron chi connectivity index (χ0n) is 9.74. The van der Waals surface area contributed by atoms with Gasteiger partial charge in [0.15, 0.2) is 0 Å². The molecule has 0 spiro atoms. The molecule has 3 heteroatoms. The summed E-state index contributed by atoms with van der Waals surface area (Å²) in [5.74, 6) is 0.437. The summed E-state index contributed by atoms with van der Waals surface area (Å²) in [4.78, 5) is 0. The Labute approximate surface area is 101 Å². The van der Waals surface area contributed by atoms with E-state index >= 15 is 0 Å². The number of nitrogens with one attached hydrogen (secondary N) is 1. The molecule has 1 heterocycles. The van der Waals surface area contributed by atoms with Crippen LogP contribution in [0.5, 0.6) is 0 Å². The average Bonchev–Trinajstić information content (AvgIpc) is 2.74. The summed E-state index contributed by atoms with van der Waals surface area (Å²) in [6, 6.07) is 1.42. The Morgan fingerprint density at radius 2 is 2.19 bits per heavy atom. The number of rotatable bonds is 2. The number of hydrogen-bond donors (Lipinski definition) is 1. The van der Waals surface area contributed by atoms with Crippen LogP contribution in [0.25, 0.3) is 0 Å². The zero-order chi connectivity index (χ0) is 11.7. The highest BCUT2D eigenvalue weighted by atomic mass is 35.5. The first-order valence-electron chi connectivity index (χ1n) is 5.74. The molecule has 1 nitrogen and oxygen atoms in total. The van der Waals surface area contributed by atoms with Gasteiger partial charge in [-0.05, 0) is 68.5 Å². The Hall–Kier alpha value is -0.600. The molecule has 0 radical (unpaired) electrons. The van der Waals surface area contributed by atoms with Gasteiger partial charge in [-0.25, -0.2) is 4.39 Å². The van der Waals surface area contributed by atoms with Crippen LogP contribution in [0.1, 0.15) is 23.1 Å². The van der Waals surface area contributed by atoms with Crippen LogP contribution in [-0.2, 0) is 6.42 Å². The van der Waals surface area contributed by atoms with Gasteiger partial charge in [-0.1, -0.05) is 11.6 Å². The molecule has 1 aliphatic heterocycles. The summed E-state index contributed by atoms with van der Waals surface area (Å²) < 4.78 is 13.6. The van der Waals surface area contributed by atoms with Gasteiger partial charge >= 0.3 is 0 Å². The van der Waals surface area contributed by atoms with Crippen LogP contribution in [0, 0.1) is 25.6 Å². The molecule has 0 saturated carbocycles. The van der Waals surface area contributed by atoms with Crippen molar-refractivity contribution in [1.82, 2.24) is 5.32 Å². The molecule has 0 aliphatic carbocycles. The standard InChI is InChI=1S/C13H17ClFN/c1-8-11(5-10-3-4-16-7-10)9(2)13(15)6-12(8)14/h6,10,16H,3-5,7H2,1-2H3. The minimum absolute atomic E-state index is 0.184. The summed E-state index contributed by atoms with van der Waals surface area (Å²) in [6.07, 6.45) is 2.11. The minimum atomic E-state index is -0.184. The highest BCUT2D eigenvalue weighted by Crippen LogP contribution is 2.28. The van der Waals surface area contributed by atoms with Gasteiger partial charge in [-0.3, -0.25) is 0 Å². The van der Waals surface area contributed by atoms with Gasteiger partial charge in [0, 0.05) is 5.02 Å². The Kier molecular flexibility index (Phi) is 3.50. The lowest BCUT2D eigenvalue weighted by molar-refractivity contribution is 0.566. The third kappa shape index (κ3) is 2.23. The normalized spacial score (nSPS) is 20.4. The van der Waals surface area contributed by atoms with E-state index in [4.69, 9.17) is 11.6 Å². The van der Waals surface area contributed by atoms with E-state index < -0.39 is 0 Å². The molecule has 88 valence electrons. The first kappa shape index (κ1) is 11.9. The Morgan fingerprint density at radius 1 is 1.44 bits per heavy atom. The molecule has 2 rings (SSSR count). The maximum absolute atomic E-state index is 13.6. The van der Waals surface area contributed by atoms with Crippen molar-refractivity contribution < 1.29 is 4.39 Å². The highest BCUT2D eigenvalue weighted by molar-refractivity contribution is 6.31. The summed E-state index contributed by atoms with van der Waals surface area (Å²) in [7, 11) is 0. The Balaban J connectivity index is 2.31. The van der Waals surface area contributed by atoms with Gasteiger partial charge in [-0.15, -0.1) is 0 Å². The monoisotopic (exact) mass is 241 g/mol. The van der Waals surface area contributed by atoms with Gasteiger partial charge in [0.25, 0.3) is 0 Å². The van der Waals surface area contributed by atoms with E-state index in [-0.39, 0.29) is 5.82 Å². The Bertz CT molecular complexity index is 371. The third-order valence-corrected chi connectivity index (χ3v) is 3.92. The smallest absolute Gasteiger partial charge is 0.127 e. The average molecular weight is 242 g/mol. The van der Waals surface area contributed by atoms with Crippen molar-refractivity contribution in [2.75, 3.05) is 13.1 Å². The molecule has 1 fully saturated rings. The van der Waals surface area contributed by atoms with Crippen molar-refractivity contribution in [1.29, 1.82) is 0 Å². The lowest BCUT2D eigenvalue weighted by atomic mass is 9.92. The summed E-state index contributed by atoms with van der Waals surface area (Å²) in [5.41, 5.74) is 2.89. The van der Waals surface area contributed by atoms with Gasteiger partial charge in [-0.2, -0.15) is 0 Å². The summed E-state index contributed by atoms with van der Waals surface area (Å²) in [6.45, 7) is 5.93. The van der Waals surface area contributed by atoms with Crippen LogP contribution >= 0.6 is 11.6 Å². The molecule has 1 aromatic carbocycles. The maximum Gasteiger partial charge on any atom is 0.127 e. The maximum atomic E-state index is 13.6. The van der Waals surface area contributed by atoms with E-state index in [1.807, 2.05) is 13.8 Å². The molecule has 1 aromatic rings. The number of halogens is 2. The second kappa shape index (κ2) is 4.72. The SMILES string of the molecule is Cc1c(F)cc(Cl)c(C)c1CC1CCNC1. The van der Waals surface area contributed by atoms with Crippen LogP contribution in [-0.4, -0.2) is 13.1 Å². The second-order valence-corrected chi connectivity index (χ2v) is 5.04. The fourth-order valence-electron chi connectivity index (χ4n) is 2.38. The molecule has 0 aromatic heterocycles. The van der Waals surface area contributed by atoms with Gasteiger partial charge in [0.05, 0.1) is 0 Å². The Morgan fingerprint density at radius 3 is 2.81 bits per heavy atom. The lowest BCUT2D eigenvalue weighted by Gasteiger charge is -2.15. The summed E-state index contributed by atoms with van der Waals surface area (Å²) >= 11 is 6.02. The molecule has 1 unspecified atom stereocenters. The van der Waals surface area contributed by atoms with E-state index in [1.165, 1.54) is 12.5 Å². The molecular formula is C13H17ClFN. The van der Waals surface area contributed by atoms with Crippen molar-refractivity contribution in [2.24, 2.45) is 5.92 Å². The molecule has 1 aliphatic rings. The minimum Gasteiger partial charge on any atom is -0.316 e. The molecule has 1 N–H and O–H groups in total. The van der Waals surface area contributed by atoms with Crippen molar-refractivity contribution in [3.8, 4) is 0 Å². The van der Waals surface area contributed by atoms with Crippen molar-refractivity contribution >= 4 is 11.6 Å². The van der Waals surface area contributed by atoms with Crippen molar-refractivity contribution in [3.05, 3.63) is 33.6 Å². The topological polar surface area (TPSA) is 12.0 Å². The highest BCUT2D eigenvalue weighted by Gasteiger charge is 2.19. The summed E-state index contributed by atoms with van der Waals surface area (Å²) in [5, 5.41) is 3.88. The second-order valence-electron chi connectivity index (χ2n) is 4.63. The fourth-order valence-corrected chi connectivity index (χ4v) is 2.59. The van der Waals surface area contributed by atoms with Gasteiger partial charge in [0.2, 0.25) is 0 Å². The molecular weight excluding hydrogens is 225 g/mol. The van der Waals surface area contributed by atoms with Crippen LogP contribution in [0.4, 0.5) is 4.39 Å². The lowest BCUT2D eigenvalue weighted by Crippen LogP contribution is -2.12. The van der Waals surface area contributed by atoms with Gasteiger partial charge < -0.3 is 5.32 Å². The van der Waals surface area contributed by atoms with Crippen LogP contribution < -0.4 is 5.32 Å². The predicted molar refractivity (Wildman–Crippen MR) is 65.6 cm³/mol. The van der Waals surface area contributed by atoms with E-state index in [9.17, 15) is 4.39 Å². The number of hydrogen-bond acceptors (Lipinski definition) is 1. The quantitative estimate of drug-likeness (QED) is 0.838. The van der Waals surface area contributed by atoms with Crippen LogP contribution in [0.15, 0.2) is 6.07 Å². The number of benzene rings is 1. The van der Waals surface area contributed by atoms with E-state index in [0.29, 0.717) is 10.9 Å².